The molecule has 1 aromatic heterocycles. The second kappa shape index (κ2) is 6.40. The minimum Gasteiger partial charge on any atom is -0.481 e. The first-order valence-electron chi connectivity index (χ1n) is 7.34. The Morgan fingerprint density at radius 2 is 2.08 bits per heavy atom. The second-order valence-electron chi connectivity index (χ2n) is 5.48. The highest BCUT2D eigenvalue weighted by atomic mass is 79.9. The van der Waals surface area contributed by atoms with Crippen LogP contribution in [0, 0.1) is 0 Å². The van der Waals surface area contributed by atoms with Crippen LogP contribution < -0.4 is 4.90 Å². The highest BCUT2D eigenvalue weighted by molar-refractivity contribution is 9.10. The molecule has 1 amide bonds. The van der Waals surface area contributed by atoms with E-state index >= 15 is 0 Å². The van der Waals surface area contributed by atoms with E-state index < -0.39 is 12.0 Å². The van der Waals surface area contributed by atoms with Crippen molar-refractivity contribution in [3.8, 4) is 0 Å². The molecule has 25 heavy (non-hydrogen) atoms. The predicted octanol–water partition coefficient (Wildman–Crippen LogP) is 1.89. The van der Waals surface area contributed by atoms with Crippen LogP contribution in [0.2, 0.25) is 0 Å². The molecular weight excluding hydrogens is 390 g/mol. The topological polar surface area (TPSA) is 99.0 Å². The van der Waals surface area contributed by atoms with Gasteiger partial charge in [-0.3, -0.25) is 34.3 Å². The fourth-order valence-electron chi connectivity index (χ4n) is 3.08. The Labute approximate surface area is 152 Å². The zero-order valence-corrected chi connectivity index (χ0v) is 14.0. The summed E-state index contributed by atoms with van der Waals surface area (Å²) in [4.78, 5) is 40.0. The molecule has 1 fully saturated rings. The van der Waals surface area contributed by atoms with Crippen molar-refractivity contribution in [1.29, 1.82) is 0 Å². The van der Waals surface area contributed by atoms with Gasteiger partial charge in [0.25, 0.3) is 5.91 Å². The van der Waals surface area contributed by atoms with Gasteiger partial charge < -0.3 is 5.11 Å². The summed E-state index contributed by atoms with van der Waals surface area (Å²) in [5.74, 6) is -0.771. The number of nitrogens with zero attached hydrogens (tertiary/aromatic N) is 5. The maximum absolute atomic E-state index is 12.6. The molecule has 0 aliphatic carbocycles. The lowest BCUT2D eigenvalue weighted by Gasteiger charge is -2.24. The van der Waals surface area contributed by atoms with Crippen molar-refractivity contribution in [2.75, 3.05) is 18.0 Å². The van der Waals surface area contributed by atoms with Gasteiger partial charge in [-0.2, -0.15) is 0 Å². The van der Waals surface area contributed by atoms with Crippen LogP contribution >= 0.6 is 15.9 Å². The molecule has 0 bridgehead atoms. The summed E-state index contributed by atoms with van der Waals surface area (Å²) < 4.78 is 0.660. The van der Waals surface area contributed by atoms with Gasteiger partial charge in [-0.05, 0) is 28.1 Å². The fourth-order valence-corrected chi connectivity index (χ4v) is 3.71. The molecule has 0 spiro atoms. The largest absolute Gasteiger partial charge is 0.481 e. The number of halogens is 1. The average Bonchev–Trinajstić information content (AvgIpc) is 3.12. The highest BCUT2D eigenvalue weighted by Gasteiger charge is 2.47. The van der Waals surface area contributed by atoms with Crippen molar-refractivity contribution < 1.29 is 14.7 Å². The summed E-state index contributed by atoms with van der Waals surface area (Å²) in [7, 11) is 0. The quantitative estimate of drug-likeness (QED) is 0.836. The summed E-state index contributed by atoms with van der Waals surface area (Å²) in [6.07, 6.45) is 2.89. The third kappa shape index (κ3) is 2.64. The Morgan fingerprint density at radius 3 is 2.84 bits per heavy atom. The van der Waals surface area contributed by atoms with Crippen LogP contribution in [0.15, 0.2) is 34.0 Å². The fraction of sp³-hybridized carbons (Fsp3) is 0.312. The first kappa shape index (κ1) is 17.3. The van der Waals surface area contributed by atoms with Gasteiger partial charge in [-0.25, -0.2) is 0 Å². The van der Waals surface area contributed by atoms with Gasteiger partial charge in [-0.15, -0.1) is 0 Å². The Kier molecular flexibility index (Phi) is 4.42. The third-order valence-corrected chi connectivity index (χ3v) is 4.86. The first-order valence-corrected chi connectivity index (χ1v) is 8.13. The molecule has 8 nitrogen and oxygen atoms in total. The smallest absolute Gasteiger partial charge is 0.306 e. The molecule has 130 valence electrons. The van der Waals surface area contributed by atoms with Gasteiger partial charge in [0.15, 0.2) is 0 Å². The van der Waals surface area contributed by atoms with E-state index in [9.17, 15) is 14.7 Å². The number of guanidine groups is 1. The number of aromatic nitrogens is 2. The summed E-state index contributed by atoms with van der Waals surface area (Å²) in [5.41, 5.74) is 2.01. The van der Waals surface area contributed by atoms with Crippen molar-refractivity contribution in [3.63, 3.8) is 0 Å². The number of carbonyl (C=O) groups is 2. The van der Waals surface area contributed by atoms with E-state index in [0.29, 0.717) is 40.2 Å². The van der Waals surface area contributed by atoms with Crippen molar-refractivity contribution in [2.24, 2.45) is 4.99 Å². The van der Waals surface area contributed by atoms with Gasteiger partial charge in [0.2, 0.25) is 5.96 Å². The van der Waals surface area contributed by atoms with Crippen LogP contribution in [0.1, 0.15) is 13.8 Å². The number of benzene rings is 1. The molecule has 1 atom stereocenters. The van der Waals surface area contributed by atoms with Crippen LogP contribution in [0.5, 0.6) is 0 Å². The molecule has 9 heteroatoms. The number of amides is 1. The second-order valence-corrected chi connectivity index (χ2v) is 6.27. The molecule has 1 aromatic carbocycles. The molecule has 0 saturated carbocycles. The average molecular weight is 406 g/mol. The lowest BCUT2D eigenvalue weighted by Crippen LogP contribution is -2.37. The maximum atomic E-state index is 12.6. The number of fused-ring (bicyclic) bond motifs is 2. The Morgan fingerprint density at radius 1 is 1.32 bits per heavy atom. The highest BCUT2D eigenvalue weighted by Crippen LogP contribution is 2.37. The normalized spacial score (nSPS) is 19.0. The number of carboxylic acids is 1. The summed E-state index contributed by atoms with van der Waals surface area (Å²) in [5, 5.41) is 9.19. The summed E-state index contributed by atoms with van der Waals surface area (Å²) in [6, 6.07) is 2.78. The van der Waals surface area contributed by atoms with Crippen LogP contribution in [-0.2, 0) is 9.59 Å². The van der Waals surface area contributed by atoms with Crippen molar-refractivity contribution in [1.82, 2.24) is 14.9 Å². The number of hydrogen-bond acceptors (Lipinski definition) is 6. The minimum absolute atomic E-state index is 0. The Bertz CT molecular complexity index is 900. The minimum atomic E-state index is -1.03. The zero-order chi connectivity index (χ0) is 16.8. The van der Waals surface area contributed by atoms with Crippen LogP contribution in [-0.4, -0.2) is 56.9 Å². The Hall–Kier alpha value is -2.55. The van der Waals surface area contributed by atoms with Gasteiger partial charge in [-0.1, -0.05) is 7.43 Å². The molecular formula is C16H16BrN5O3. The molecule has 1 N–H and O–H groups in total. The summed E-state index contributed by atoms with van der Waals surface area (Å²) in [6.45, 7) is 0.994. The monoisotopic (exact) mass is 405 g/mol. The van der Waals surface area contributed by atoms with E-state index in [1.165, 1.54) is 0 Å². The molecule has 2 aliphatic heterocycles. The van der Waals surface area contributed by atoms with Crippen LogP contribution in [0.25, 0.3) is 11.0 Å². The van der Waals surface area contributed by atoms with Crippen molar-refractivity contribution >= 4 is 50.5 Å². The standard InChI is InChI=1S/C15H12BrN5O3.CH4/c16-12-9(2-1-8-13(12)18-4-3-17-8)21-10(7-11(22)23)14(24)20-6-5-19-15(20)21;/h1-4,10H,5-7H2,(H,22,23);1H4. The van der Waals surface area contributed by atoms with Gasteiger partial charge in [0.05, 0.1) is 28.6 Å². The molecule has 4 rings (SSSR count). The molecule has 1 saturated heterocycles. The molecule has 2 aliphatic rings. The maximum Gasteiger partial charge on any atom is 0.306 e. The van der Waals surface area contributed by atoms with E-state index in [1.54, 1.807) is 34.3 Å². The van der Waals surface area contributed by atoms with Gasteiger partial charge >= 0.3 is 5.97 Å². The third-order valence-electron chi connectivity index (χ3n) is 4.08. The van der Waals surface area contributed by atoms with Gasteiger partial charge in [0.1, 0.15) is 11.6 Å². The van der Waals surface area contributed by atoms with Crippen molar-refractivity contribution in [3.05, 3.63) is 29.0 Å². The molecule has 3 heterocycles. The lowest BCUT2D eigenvalue weighted by molar-refractivity contribution is -0.140. The number of carbonyl (C=O) groups excluding carboxylic acids is 1. The number of hydrogen-bond donors (Lipinski definition) is 1. The molecule has 2 aromatic rings. The molecule has 0 radical (unpaired) electrons. The first-order chi connectivity index (χ1) is 11.6. The number of anilines is 1. The summed E-state index contributed by atoms with van der Waals surface area (Å²) >= 11 is 3.53. The lowest BCUT2D eigenvalue weighted by atomic mass is 10.1. The van der Waals surface area contributed by atoms with Crippen LogP contribution in [0.3, 0.4) is 0 Å². The van der Waals surface area contributed by atoms with Gasteiger partial charge in [0, 0.05) is 18.9 Å². The van der Waals surface area contributed by atoms with E-state index in [4.69, 9.17) is 0 Å². The molecule has 1 unspecified atom stereocenters. The van der Waals surface area contributed by atoms with Crippen LogP contribution in [0.4, 0.5) is 5.69 Å². The predicted molar refractivity (Wildman–Crippen MR) is 96.5 cm³/mol. The number of rotatable bonds is 3. The zero-order valence-electron chi connectivity index (χ0n) is 12.4. The van der Waals surface area contributed by atoms with E-state index in [-0.39, 0.29) is 19.8 Å². The van der Waals surface area contributed by atoms with Crippen molar-refractivity contribution in [2.45, 2.75) is 19.9 Å². The van der Waals surface area contributed by atoms with E-state index in [1.807, 2.05) is 0 Å². The number of carboxylic acid groups (broad SMARTS) is 1. The van der Waals surface area contributed by atoms with E-state index in [0.717, 1.165) is 0 Å². The van der Waals surface area contributed by atoms with E-state index in [2.05, 4.69) is 30.9 Å². The Balaban J connectivity index is 0.00000182. The number of aliphatic carboxylic acids is 1. The SMILES string of the molecule is C.O=C(O)CC1C(=O)N2CCN=C2N1c1ccc2nccnc2c1Br. The number of aliphatic imine (C=N–C) groups is 1.